The highest BCUT2D eigenvalue weighted by atomic mass is 16.3. The van der Waals surface area contributed by atoms with Gasteiger partial charge in [-0.3, -0.25) is 4.57 Å². The second-order valence-electron chi connectivity index (χ2n) is 7.79. The molecule has 1 N–H and O–H groups in total. The zero-order chi connectivity index (χ0) is 15.1. The highest BCUT2D eigenvalue weighted by molar-refractivity contribution is 5.52. The molecule has 0 radical (unpaired) electrons. The van der Waals surface area contributed by atoms with Crippen LogP contribution in [-0.2, 0) is 5.41 Å². The first kappa shape index (κ1) is 13.1. The van der Waals surface area contributed by atoms with Crippen LogP contribution in [0, 0.1) is 11.8 Å². The molecule has 1 atom stereocenters. The van der Waals surface area contributed by atoms with Crippen LogP contribution in [0.1, 0.15) is 70.2 Å². The number of rotatable bonds is 4. The number of aliphatic hydroxyl groups excluding tert-OH is 1. The third-order valence-electron chi connectivity index (χ3n) is 6.25. The molecule has 118 valence electrons. The van der Waals surface area contributed by atoms with Crippen molar-refractivity contribution in [3.05, 3.63) is 17.3 Å². The van der Waals surface area contributed by atoms with Gasteiger partial charge in [0.2, 0.25) is 0 Å². The molecule has 0 spiro atoms. The summed E-state index contributed by atoms with van der Waals surface area (Å²) in [5.41, 5.74) is 2.65. The lowest BCUT2D eigenvalue weighted by atomic mass is 9.99. The first-order valence-corrected chi connectivity index (χ1v) is 8.70. The normalized spacial score (nSPS) is 29.8. The molecule has 3 aliphatic carbocycles. The maximum atomic E-state index is 10.8. The average Bonchev–Trinajstić information content (AvgIpc) is 3.33. The van der Waals surface area contributed by atoms with Gasteiger partial charge in [-0.2, -0.15) is 0 Å². The zero-order valence-electron chi connectivity index (χ0n) is 13.4. The Morgan fingerprint density at radius 3 is 2.41 bits per heavy atom. The summed E-state index contributed by atoms with van der Waals surface area (Å²) in [4.78, 5) is 2.12. The van der Waals surface area contributed by atoms with Gasteiger partial charge in [0.15, 0.2) is 12.1 Å². The van der Waals surface area contributed by atoms with Gasteiger partial charge in [-0.1, -0.05) is 0 Å². The Hall–Kier alpha value is -1.36. The van der Waals surface area contributed by atoms with Crippen molar-refractivity contribution in [2.45, 2.75) is 64.0 Å². The van der Waals surface area contributed by atoms with E-state index in [0.29, 0.717) is 0 Å². The number of allylic oxidation sites excluding steroid dienone is 2. The fourth-order valence-electron chi connectivity index (χ4n) is 4.21. The zero-order valence-corrected chi connectivity index (χ0v) is 13.4. The van der Waals surface area contributed by atoms with Gasteiger partial charge < -0.3 is 10.0 Å². The molecule has 0 aromatic carbocycles. The summed E-state index contributed by atoms with van der Waals surface area (Å²) in [5, 5.41) is 19.8. The van der Waals surface area contributed by atoms with Gasteiger partial charge in [0.05, 0.1) is 0 Å². The Bertz CT molecular complexity index is 664. The smallest absolute Gasteiger partial charge is 0.189 e. The molecule has 5 nitrogen and oxygen atoms in total. The third kappa shape index (κ3) is 1.69. The molecule has 1 unspecified atom stereocenters. The number of hydrogen-bond acceptors (Lipinski definition) is 4. The van der Waals surface area contributed by atoms with Crippen LogP contribution in [0.15, 0.2) is 5.70 Å². The predicted octanol–water partition coefficient (Wildman–Crippen LogP) is 2.64. The van der Waals surface area contributed by atoms with Crippen molar-refractivity contribution in [3.8, 4) is 0 Å². The minimum absolute atomic E-state index is 0.269. The average molecular weight is 300 g/mol. The monoisotopic (exact) mass is 300 g/mol. The maximum absolute atomic E-state index is 10.8. The van der Waals surface area contributed by atoms with Crippen molar-refractivity contribution >= 4 is 5.70 Å². The summed E-state index contributed by atoms with van der Waals surface area (Å²) in [5.74, 6) is 3.39. The number of fused-ring (bicyclic) bond motifs is 1. The lowest BCUT2D eigenvalue weighted by Gasteiger charge is -2.36. The van der Waals surface area contributed by atoms with E-state index in [4.69, 9.17) is 0 Å². The second kappa shape index (κ2) is 4.13. The van der Waals surface area contributed by atoms with Crippen LogP contribution in [0.2, 0.25) is 0 Å². The van der Waals surface area contributed by atoms with Gasteiger partial charge >= 0.3 is 0 Å². The summed E-state index contributed by atoms with van der Waals surface area (Å²) >= 11 is 0. The van der Waals surface area contributed by atoms with Crippen molar-refractivity contribution in [1.82, 2.24) is 19.7 Å². The standard InChI is InChI=1S/C17H24N4O/c1-10-11(2)21-14(15(22)20(10)9-12-3-4-12)18-19-16(21)17(7-8-17)13-5-6-13/h12-13,15,22H,3-9H2,1-2H3. The van der Waals surface area contributed by atoms with Gasteiger partial charge in [0.1, 0.15) is 5.82 Å². The Kier molecular flexibility index (Phi) is 2.46. The molecule has 4 aliphatic rings. The summed E-state index contributed by atoms with van der Waals surface area (Å²) in [6.07, 6.45) is 7.09. The minimum Gasteiger partial charge on any atom is -0.367 e. The van der Waals surface area contributed by atoms with E-state index in [9.17, 15) is 5.11 Å². The summed E-state index contributed by atoms with van der Waals surface area (Å²) < 4.78 is 2.18. The molecule has 2 heterocycles. The molecule has 3 saturated carbocycles. The number of nitrogens with zero attached hydrogens (tertiary/aromatic N) is 4. The quantitative estimate of drug-likeness (QED) is 0.929. The van der Waals surface area contributed by atoms with Crippen LogP contribution in [0.3, 0.4) is 0 Å². The van der Waals surface area contributed by atoms with Crippen molar-refractivity contribution in [2.24, 2.45) is 11.8 Å². The molecule has 3 fully saturated rings. The molecular formula is C17H24N4O. The van der Waals surface area contributed by atoms with Gasteiger partial charge in [-0.25, -0.2) is 0 Å². The van der Waals surface area contributed by atoms with Crippen LogP contribution in [-0.4, -0.2) is 31.3 Å². The highest BCUT2D eigenvalue weighted by Crippen LogP contribution is 2.62. The molecule has 0 amide bonds. The molecule has 0 saturated heterocycles. The predicted molar refractivity (Wildman–Crippen MR) is 82.6 cm³/mol. The maximum Gasteiger partial charge on any atom is 0.189 e. The van der Waals surface area contributed by atoms with E-state index in [1.165, 1.54) is 49.9 Å². The van der Waals surface area contributed by atoms with Crippen LogP contribution < -0.4 is 0 Å². The second-order valence-corrected chi connectivity index (χ2v) is 7.79. The van der Waals surface area contributed by atoms with E-state index >= 15 is 0 Å². The molecule has 5 rings (SSSR count). The van der Waals surface area contributed by atoms with Gasteiger partial charge in [-0.15, -0.1) is 10.2 Å². The Balaban J connectivity index is 1.58. The van der Waals surface area contributed by atoms with Crippen molar-refractivity contribution in [1.29, 1.82) is 0 Å². The number of hydrogen-bond donors (Lipinski definition) is 1. The Morgan fingerprint density at radius 1 is 1.09 bits per heavy atom. The first-order chi connectivity index (χ1) is 10.6. The van der Waals surface area contributed by atoms with Gasteiger partial charge in [0, 0.05) is 23.4 Å². The fraction of sp³-hybridized carbons (Fsp3) is 0.765. The van der Waals surface area contributed by atoms with Crippen LogP contribution in [0.25, 0.3) is 5.70 Å². The molecule has 1 aromatic heterocycles. The first-order valence-electron chi connectivity index (χ1n) is 8.70. The molecule has 5 heteroatoms. The highest BCUT2D eigenvalue weighted by Gasteiger charge is 2.58. The van der Waals surface area contributed by atoms with Crippen molar-refractivity contribution in [3.63, 3.8) is 0 Å². The van der Waals surface area contributed by atoms with Gasteiger partial charge in [-0.05, 0) is 64.2 Å². The Labute approximate surface area is 131 Å². The number of aromatic nitrogens is 3. The summed E-state index contributed by atoms with van der Waals surface area (Å²) in [7, 11) is 0. The largest absolute Gasteiger partial charge is 0.367 e. The molecule has 22 heavy (non-hydrogen) atoms. The van der Waals surface area contributed by atoms with E-state index in [1.54, 1.807) is 0 Å². The lowest BCUT2D eigenvalue weighted by molar-refractivity contribution is 0.0105. The van der Waals surface area contributed by atoms with Gasteiger partial charge in [0.25, 0.3) is 0 Å². The molecule has 1 aromatic rings. The minimum atomic E-state index is -0.638. The SMILES string of the molecule is CC1=C(C)n2c(nnc2C2(C3CC3)CC2)C(O)N1CC1CC1. The Morgan fingerprint density at radius 2 is 1.82 bits per heavy atom. The van der Waals surface area contributed by atoms with E-state index in [0.717, 1.165) is 30.0 Å². The summed E-state index contributed by atoms with van der Waals surface area (Å²) in [6.45, 7) is 5.23. The van der Waals surface area contributed by atoms with Crippen molar-refractivity contribution < 1.29 is 5.11 Å². The molecular weight excluding hydrogens is 276 g/mol. The van der Waals surface area contributed by atoms with Crippen LogP contribution in [0.4, 0.5) is 0 Å². The van der Waals surface area contributed by atoms with E-state index < -0.39 is 6.23 Å². The third-order valence-corrected chi connectivity index (χ3v) is 6.25. The van der Waals surface area contributed by atoms with E-state index in [2.05, 4.69) is 33.5 Å². The fourth-order valence-corrected chi connectivity index (χ4v) is 4.21. The van der Waals surface area contributed by atoms with Crippen LogP contribution >= 0.6 is 0 Å². The topological polar surface area (TPSA) is 54.2 Å². The van der Waals surface area contributed by atoms with E-state index in [-0.39, 0.29) is 5.41 Å². The molecule has 1 aliphatic heterocycles. The van der Waals surface area contributed by atoms with E-state index in [1.807, 2.05) is 0 Å². The molecule has 0 bridgehead atoms. The number of aliphatic hydroxyl groups is 1. The summed E-state index contributed by atoms with van der Waals surface area (Å²) in [6, 6.07) is 0. The van der Waals surface area contributed by atoms with Crippen molar-refractivity contribution in [2.75, 3.05) is 6.54 Å². The van der Waals surface area contributed by atoms with Crippen LogP contribution in [0.5, 0.6) is 0 Å². The lowest BCUT2D eigenvalue weighted by Crippen LogP contribution is -2.36.